The third-order valence-corrected chi connectivity index (χ3v) is 14.8. The topological polar surface area (TPSA) is 16.4 Å². The lowest BCUT2D eigenvalue weighted by molar-refractivity contribution is 0.669. The molecule has 0 bridgehead atoms. The number of fused-ring (bicyclic) bond motifs is 6. The van der Waals surface area contributed by atoms with E-state index >= 15 is 0 Å². The minimum Gasteiger partial charge on any atom is -0.456 e. The van der Waals surface area contributed by atoms with Crippen molar-refractivity contribution in [2.75, 3.05) is 4.90 Å². The van der Waals surface area contributed by atoms with Crippen molar-refractivity contribution < 1.29 is 4.42 Å². The van der Waals surface area contributed by atoms with E-state index in [0.717, 1.165) is 55.7 Å². The summed E-state index contributed by atoms with van der Waals surface area (Å²) >= 11 is 1.89. The summed E-state index contributed by atoms with van der Waals surface area (Å²) in [7, 11) is 0. The summed E-state index contributed by atoms with van der Waals surface area (Å²) in [6, 6.07) is 94.3. The molecule has 0 N–H and O–H groups in total. The average Bonchev–Trinajstić information content (AvgIpc) is 4.01. The maximum absolute atomic E-state index is 6.33. The number of rotatable bonds is 9. The van der Waals surface area contributed by atoms with Crippen LogP contribution in [0.2, 0.25) is 0 Å². The second-order valence-corrected chi connectivity index (χ2v) is 18.6. The standard InChI is InChI=1S/C66H43NOS/c1-4-17-45(18-5-1)52-23-10-12-25-56(52)57-26-13-11-24-53(57)48-33-38-51(39-34-48)67(50-36-31-44(32-37-50)49-35-40-59-58-27-14-15-30-62(58)68-63(59)43-49)61-42-41-54(46-19-6-2-7-20-46)64-60-29-16-28-55(65(60)69-66(61)64)47-21-8-3-9-22-47/h1-43H. The van der Waals surface area contributed by atoms with Gasteiger partial charge < -0.3 is 9.32 Å². The van der Waals surface area contributed by atoms with Crippen LogP contribution in [0.4, 0.5) is 17.1 Å². The summed E-state index contributed by atoms with van der Waals surface area (Å²) in [6.07, 6.45) is 0. The predicted octanol–water partition coefficient (Wildman–Crippen LogP) is 19.4. The molecule has 0 fully saturated rings. The van der Waals surface area contributed by atoms with Gasteiger partial charge in [-0.05, 0) is 115 Å². The minimum atomic E-state index is 0.894. The molecule has 0 radical (unpaired) electrons. The summed E-state index contributed by atoms with van der Waals surface area (Å²) in [6.45, 7) is 0. The second kappa shape index (κ2) is 17.2. The monoisotopic (exact) mass is 897 g/mol. The molecular weight excluding hydrogens is 855 g/mol. The number of furan rings is 1. The Kier molecular flexibility index (Phi) is 10.1. The highest BCUT2D eigenvalue weighted by Crippen LogP contribution is 2.51. The third-order valence-electron chi connectivity index (χ3n) is 13.5. The van der Waals surface area contributed by atoms with Crippen LogP contribution in [-0.4, -0.2) is 0 Å². The van der Waals surface area contributed by atoms with Crippen molar-refractivity contribution in [1.29, 1.82) is 0 Å². The zero-order chi connectivity index (χ0) is 45.7. The fourth-order valence-electron chi connectivity index (χ4n) is 10.3. The van der Waals surface area contributed by atoms with Crippen molar-refractivity contribution in [2.24, 2.45) is 0 Å². The van der Waals surface area contributed by atoms with Crippen molar-refractivity contribution in [3.05, 3.63) is 261 Å². The van der Waals surface area contributed by atoms with Gasteiger partial charge in [-0.3, -0.25) is 0 Å². The van der Waals surface area contributed by atoms with Crippen LogP contribution in [0.5, 0.6) is 0 Å². The van der Waals surface area contributed by atoms with Gasteiger partial charge in [-0.15, -0.1) is 11.3 Å². The van der Waals surface area contributed by atoms with E-state index in [9.17, 15) is 0 Å². The van der Waals surface area contributed by atoms with Crippen LogP contribution in [0.3, 0.4) is 0 Å². The first-order valence-corrected chi connectivity index (χ1v) is 24.3. The molecule has 2 aromatic heterocycles. The van der Waals surface area contributed by atoms with Gasteiger partial charge >= 0.3 is 0 Å². The van der Waals surface area contributed by atoms with E-state index in [1.807, 2.05) is 23.5 Å². The van der Waals surface area contributed by atoms with Gasteiger partial charge in [0.1, 0.15) is 11.2 Å². The predicted molar refractivity (Wildman–Crippen MR) is 294 cm³/mol. The van der Waals surface area contributed by atoms with E-state index in [4.69, 9.17) is 4.42 Å². The fourth-order valence-corrected chi connectivity index (χ4v) is 11.6. The smallest absolute Gasteiger partial charge is 0.136 e. The lowest BCUT2D eigenvalue weighted by Gasteiger charge is -2.27. The maximum atomic E-state index is 6.33. The molecule has 0 amide bonds. The highest BCUT2D eigenvalue weighted by Gasteiger charge is 2.23. The SMILES string of the molecule is c1ccc(-c2ccccc2-c2ccccc2-c2ccc(N(c3ccc(-c4ccc5c(c4)oc4ccccc45)cc3)c3ccc(-c4ccccc4)c4c3sc3c(-c5ccccc5)cccc34)cc2)cc1. The Labute approximate surface area is 405 Å². The van der Waals surface area contributed by atoms with Gasteiger partial charge in [-0.25, -0.2) is 0 Å². The summed E-state index contributed by atoms with van der Waals surface area (Å²) in [5.74, 6) is 0. The van der Waals surface area contributed by atoms with Gasteiger partial charge in [0.15, 0.2) is 0 Å². The molecular formula is C66H43NOS. The quantitative estimate of drug-likeness (QED) is 0.144. The molecule has 0 saturated heterocycles. The van der Waals surface area contributed by atoms with Gasteiger partial charge in [0, 0.05) is 37.6 Å². The Morgan fingerprint density at radius 3 is 1.38 bits per heavy atom. The molecule has 0 atom stereocenters. The van der Waals surface area contributed by atoms with Crippen LogP contribution < -0.4 is 4.90 Å². The van der Waals surface area contributed by atoms with Gasteiger partial charge in [-0.2, -0.15) is 0 Å². The van der Waals surface area contributed by atoms with Crippen molar-refractivity contribution in [2.45, 2.75) is 0 Å². The Balaban J connectivity index is 0.983. The normalized spacial score (nSPS) is 11.5. The molecule has 0 aliphatic carbocycles. The average molecular weight is 898 g/mol. The third kappa shape index (κ3) is 7.20. The summed E-state index contributed by atoms with van der Waals surface area (Å²) in [5, 5.41) is 4.79. The number of hydrogen-bond acceptors (Lipinski definition) is 3. The molecule has 3 heteroatoms. The van der Waals surface area contributed by atoms with Gasteiger partial charge in [0.2, 0.25) is 0 Å². The molecule has 2 nitrogen and oxygen atoms in total. The van der Waals surface area contributed by atoms with Crippen molar-refractivity contribution in [3.8, 4) is 66.8 Å². The Morgan fingerprint density at radius 2 is 0.739 bits per heavy atom. The molecule has 0 unspecified atom stereocenters. The molecule has 11 aromatic carbocycles. The Bertz CT molecular complexity index is 3980. The number of thiophene rings is 1. The van der Waals surface area contributed by atoms with E-state index in [1.54, 1.807) is 0 Å². The molecule has 13 rings (SSSR count). The van der Waals surface area contributed by atoms with Crippen molar-refractivity contribution in [3.63, 3.8) is 0 Å². The first-order valence-electron chi connectivity index (χ1n) is 23.5. The van der Waals surface area contributed by atoms with Gasteiger partial charge in [0.05, 0.1) is 10.4 Å². The zero-order valence-electron chi connectivity index (χ0n) is 37.6. The number of anilines is 3. The molecule has 2 heterocycles. The second-order valence-electron chi connectivity index (χ2n) is 17.5. The molecule has 0 spiro atoms. The molecule has 0 aliphatic rings. The lowest BCUT2D eigenvalue weighted by Crippen LogP contribution is -2.10. The first kappa shape index (κ1) is 40.5. The molecule has 13 aromatic rings. The summed E-state index contributed by atoms with van der Waals surface area (Å²) in [4.78, 5) is 2.45. The number of hydrogen-bond donors (Lipinski definition) is 0. The molecule has 324 valence electrons. The number of benzene rings is 11. The fraction of sp³-hybridized carbons (Fsp3) is 0. The number of nitrogens with zero attached hydrogens (tertiary/aromatic N) is 1. The van der Waals surface area contributed by atoms with Crippen molar-refractivity contribution in [1.82, 2.24) is 0 Å². The molecule has 69 heavy (non-hydrogen) atoms. The first-order chi connectivity index (χ1) is 34.2. The van der Waals surface area contributed by atoms with Crippen LogP contribution in [0, 0.1) is 0 Å². The van der Waals surface area contributed by atoms with Gasteiger partial charge in [-0.1, -0.05) is 212 Å². The van der Waals surface area contributed by atoms with E-state index in [-0.39, 0.29) is 0 Å². The van der Waals surface area contributed by atoms with Gasteiger partial charge in [0.25, 0.3) is 0 Å². The lowest BCUT2D eigenvalue weighted by atomic mass is 9.89. The van der Waals surface area contributed by atoms with Crippen LogP contribution in [0.25, 0.3) is 109 Å². The zero-order valence-corrected chi connectivity index (χ0v) is 38.4. The minimum absolute atomic E-state index is 0.894. The van der Waals surface area contributed by atoms with E-state index in [1.165, 1.54) is 70.2 Å². The Hall–Kier alpha value is -8.76. The molecule has 0 aliphatic heterocycles. The highest BCUT2D eigenvalue weighted by molar-refractivity contribution is 7.27. The molecule has 0 saturated carbocycles. The van der Waals surface area contributed by atoms with Crippen LogP contribution in [0.1, 0.15) is 0 Å². The van der Waals surface area contributed by atoms with E-state index in [0.29, 0.717) is 0 Å². The maximum Gasteiger partial charge on any atom is 0.136 e. The Morgan fingerprint density at radius 1 is 0.275 bits per heavy atom. The van der Waals surface area contributed by atoms with E-state index < -0.39 is 0 Å². The number of para-hydroxylation sites is 1. The largest absolute Gasteiger partial charge is 0.456 e. The van der Waals surface area contributed by atoms with Crippen LogP contribution >= 0.6 is 11.3 Å². The van der Waals surface area contributed by atoms with Crippen LogP contribution in [-0.2, 0) is 0 Å². The van der Waals surface area contributed by atoms with Crippen molar-refractivity contribution >= 4 is 70.5 Å². The van der Waals surface area contributed by atoms with E-state index in [2.05, 4.69) is 254 Å². The van der Waals surface area contributed by atoms with Crippen LogP contribution in [0.15, 0.2) is 265 Å². The highest BCUT2D eigenvalue weighted by atomic mass is 32.1. The summed E-state index contributed by atoms with van der Waals surface area (Å²) < 4.78 is 8.85. The summed E-state index contributed by atoms with van der Waals surface area (Å²) in [5.41, 5.74) is 19.4.